The van der Waals surface area contributed by atoms with Gasteiger partial charge in [-0.25, -0.2) is 13.4 Å². The van der Waals surface area contributed by atoms with E-state index in [0.29, 0.717) is 16.0 Å². The number of benzene rings is 1. The summed E-state index contributed by atoms with van der Waals surface area (Å²) in [6.45, 7) is 0. The Morgan fingerprint density at radius 2 is 2.00 bits per heavy atom. The van der Waals surface area contributed by atoms with Crippen molar-refractivity contribution in [3.05, 3.63) is 41.0 Å². The van der Waals surface area contributed by atoms with Gasteiger partial charge in [0.05, 0.1) is 17.8 Å². The molecule has 1 aromatic carbocycles. The Balaban J connectivity index is 2.22. The maximum absolute atomic E-state index is 11.1. The summed E-state index contributed by atoms with van der Waals surface area (Å²) < 4.78 is 33.5. The highest BCUT2D eigenvalue weighted by atomic mass is 79.9. The lowest BCUT2D eigenvalue weighted by atomic mass is 10.3. The average Bonchev–Trinajstić information content (AvgIpc) is 2.40. The van der Waals surface area contributed by atoms with Gasteiger partial charge < -0.3 is 9.47 Å². The van der Waals surface area contributed by atoms with Crippen LogP contribution in [0.2, 0.25) is 0 Å². The molecule has 0 saturated heterocycles. The normalized spacial score (nSPS) is 11.2. The lowest BCUT2D eigenvalue weighted by Gasteiger charge is -2.08. The number of methoxy groups -OCH3 is 1. The van der Waals surface area contributed by atoms with E-state index < -0.39 is 9.05 Å². The monoisotopic (exact) mass is 377 g/mol. The fraction of sp³-hybridized carbons (Fsp3) is 0.0833. The molecule has 0 bridgehead atoms. The van der Waals surface area contributed by atoms with Gasteiger partial charge >= 0.3 is 0 Å². The van der Waals surface area contributed by atoms with Crippen molar-refractivity contribution in [2.45, 2.75) is 4.90 Å². The molecule has 0 atom stereocenters. The van der Waals surface area contributed by atoms with Crippen LogP contribution >= 0.6 is 26.6 Å². The lowest BCUT2D eigenvalue weighted by Crippen LogP contribution is -1.94. The first-order chi connectivity index (χ1) is 9.40. The number of nitrogens with zero attached hydrogens (tertiary/aromatic N) is 1. The molecule has 20 heavy (non-hydrogen) atoms. The minimum absolute atomic E-state index is 0.0830. The van der Waals surface area contributed by atoms with Crippen molar-refractivity contribution >= 4 is 35.7 Å². The molecule has 8 heteroatoms. The van der Waals surface area contributed by atoms with Gasteiger partial charge in [-0.2, -0.15) is 0 Å². The first-order valence-electron chi connectivity index (χ1n) is 5.32. The molecule has 2 rings (SSSR count). The van der Waals surface area contributed by atoms with Gasteiger partial charge in [-0.15, -0.1) is 0 Å². The molecule has 0 aliphatic rings. The molecular formula is C12H9BrClNO4S. The van der Waals surface area contributed by atoms with Crippen molar-refractivity contribution in [3.8, 4) is 17.4 Å². The second-order valence-electron chi connectivity index (χ2n) is 3.67. The molecule has 0 radical (unpaired) electrons. The van der Waals surface area contributed by atoms with E-state index in [2.05, 4.69) is 20.9 Å². The van der Waals surface area contributed by atoms with Crippen LogP contribution in [0, 0.1) is 0 Å². The van der Waals surface area contributed by atoms with E-state index in [1.54, 1.807) is 25.3 Å². The molecule has 0 spiro atoms. The minimum atomic E-state index is -3.78. The third-order valence-corrected chi connectivity index (χ3v) is 4.30. The highest BCUT2D eigenvalue weighted by molar-refractivity contribution is 9.10. The molecule has 0 aliphatic carbocycles. The van der Waals surface area contributed by atoms with Crippen molar-refractivity contribution < 1.29 is 17.9 Å². The Bertz CT molecular complexity index is 719. The largest absolute Gasteiger partial charge is 0.497 e. The molecule has 0 amide bonds. The quantitative estimate of drug-likeness (QED) is 0.761. The van der Waals surface area contributed by atoms with E-state index >= 15 is 0 Å². The van der Waals surface area contributed by atoms with Crippen LogP contribution in [0.5, 0.6) is 17.4 Å². The maximum Gasteiger partial charge on any atom is 0.262 e. The van der Waals surface area contributed by atoms with Gasteiger partial charge in [0.1, 0.15) is 16.4 Å². The number of rotatable bonds is 4. The van der Waals surface area contributed by atoms with Crippen LogP contribution in [0.1, 0.15) is 0 Å². The van der Waals surface area contributed by atoms with Gasteiger partial charge in [0.25, 0.3) is 9.05 Å². The number of pyridine rings is 1. The number of aromatic nitrogens is 1. The van der Waals surface area contributed by atoms with Crippen molar-refractivity contribution in [3.63, 3.8) is 0 Å². The third kappa shape index (κ3) is 3.62. The second kappa shape index (κ2) is 5.99. The van der Waals surface area contributed by atoms with Gasteiger partial charge in [-0.1, -0.05) is 0 Å². The first-order valence-corrected chi connectivity index (χ1v) is 8.42. The maximum atomic E-state index is 11.1. The standard InChI is InChI=1S/C12H9BrClNO4S/c1-18-8-2-4-11(10(13)6-8)19-12-5-3-9(7-15-12)20(14,16)17/h2-7H,1H3. The summed E-state index contributed by atoms with van der Waals surface area (Å²) in [6.07, 6.45) is 1.13. The summed E-state index contributed by atoms with van der Waals surface area (Å²) >= 11 is 3.34. The number of ether oxygens (including phenoxy) is 2. The van der Waals surface area contributed by atoms with Crippen LogP contribution in [0.4, 0.5) is 0 Å². The fourth-order valence-electron chi connectivity index (χ4n) is 1.38. The molecule has 5 nitrogen and oxygen atoms in total. The van der Waals surface area contributed by atoms with E-state index in [9.17, 15) is 8.42 Å². The topological polar surface area (TPSA) is 65.5 Å². The molecule has 1 heterocycles. The molecule has 0 saturated carbocycles. The number of halogens is 2. The predicted molar refractivity (Wildman–Crippen MR) is 78.0 cm³/mol. The van der Waals surface area contributed by atoms with E-state index in [1.165, 1.54) is 12.1 Å². The number of hydrogen-bond donors (Lipinski definition) is 0. The summed E-state index contributed by atoms with van der Waals surface area (Å²) in [5.74, 6) is 1.46. The zero-order valence-electron chi connectivity index (χ0n) is 10.2. The molecule has 2 aromatic rings. The molecular weight excluding hydrogens is 370 g/mol. The van der Waals surface area contributed by atoms with Crippen molar-refractivity contribution in [1.82, 2.24) is 4.98 Å². The molecule has 0 aliphatic heterocycles. The van der Waals surface area contributed by atoms with E-state index in [0.717, 1.165) is 6.20 Å². The van der Waals surface area contributed by atoms with Crippen LogP contribution < -0.4 is 9.47 Å². The van der Waals surface area contributed by atoms with Crippen LogP contribution in [0.15, 0.2) is 45.9 Å². The summed E-state index contributed by atoms with van der Waals surface area (Å²) in [5.41, 5.74) is 0. The third-order valence-electron chi connectivity index (χ3n) is 2.34. The van der Waals surface area contributed by atoms with Gasteiger partial charge in [0.15, 0.2) is 0 Å². The zero-order chi connectivity index (χ0) is 14.8. The predicted octanol–water partition coefficient (Wildman–Crippen LogP) is 3.57. The van der Waals surface area contributed by atoms with Gasteiger partial charge in [0.2, 0.25) is 5.88 Å². The minimum Gasteiger partial charge on any atom is -0.497 e. The fourth-order valence-corrected chi connectivity index (χ4v) is 2.50. The van der Waals surface area contributed by atoms with Crippen LogP contribution in [0.3, 0.4) is 0 Å². The molecule has 0 unspecified atom stereocenters. The Morgan fingerprint density at radius 1 is 1.25 bits per heavy atom. The highest BCUT2D eigenvalue weighted by Gasteiger charge is 2.11. The van der Waals surface area contributed by atoms with Crippen LogP contribution in [-0.4, -0.2) is 20.5 Å². The molecule has 0 fully saturated rings. The Morgan fingerprint density at radius 3 is 2.50 bits per heavy atom. The SMILES string of the molecule is COc1ccc(Oc2ccc(S(=O)(=O)Cl)cn2)c(Br)c1. The Labute approximate surface area is 129 Å². The van der Waals surface area contributed by atoms with E-state index in [1.807, 2.05) is 0 Å². The first kappa shape index (κ1) is 15.1. The summed E-state index contributed by atoms with van der Waals surface area (Å²) in [5, 5.41) is 0. The Hall–Kier alpha value is -1.31. The average molecular weight is 379 g/mol. The zero-order valence-corrected chi connectivity index (χ0v) is 13.4. The molecule has 0 N–H and O–H groups in total. The van der Waals surface area contributed by atoms with Crippen LogP contribution in [-0.2, 0) is 9.05 Å². The van der Waals surface area contributed by atoms with Gasteiger partial charge in [0, 0.05) is 16.7 Å². The van der Waals surface area contributed by atoms with Crippen molar-refractivity contribution in [2.24, 2.45) is 0 Å². The summed E-state index contributed by atoms with van der Waals surface area (Å²) in [4.78, 5) is 3.80. The van der Waals surface area contributed by atoms with Gasteiger partial charge in [-0.05, 0) is 40.2 Å². The Kier molecular flexibility index (Phi) is 4.52. The second-order valence-corrected chi connectivity index (χ2v) is 7.09. The smallest absolute Gasteiger partial charge is 0.262 e. The summed E-state index contributed by atoms with van der Waals surface area (Å²) in [6, 6.07) is 7.93. The van der Waals surface area contributed by atoms with E-state index in [-0.39, 0.29) is 10.8 Å². The van der Waals surface area contributed by atoms with Crippen molar-refractivity contribution in [1.29, 1.82) is 0 Å². The number of hydrogen-bond acceptors (Lipinski definition) is 5. The van der Waals surface area contributed by atoms with Gasteiger partial charge in [-0.3, -0.25) is 0 Å². The van der Waals surface area contributed by atoms with Crippen molar-refractivity contribution in [2.75, 3.05) is 7.11 Å². The lowest BCUT2D eigenvalue weighted by molar-refractivity contribution is 0.411. The molecule has 1 aromatic heterocycles. The molecule has 106 valence electrons. The summed E-state index contributed by atoms with van der Waals surface area (Å²) in [7, 11) is 2.98. The van der Waals surface area contributed by atoms with E-state index in [4.69, 9.17) is 20.2 Å². The highest BCUT2D eigenvalue weighted by Crippen LogP contribution is 2.32. The van der Waals surface area contributed by atoms with Crippen LogP contribution in [0.25, 0.3) is 0 Å².